The molecule has 0 saturated carbocycles. The van der Waals surface area contributed by atoms with Gasteiger partial charge in [0.1, 0.15) is 5.01 Å². The molecular weight excluding hydrogens is 591 g/mol. The number of hydrogen-bond acceptors (Lipinski definition) is 2. The summed E-state index contributed by atoms with van der Waals surface area (Å²) in [4.78, 5) is 5.04. The minimum atomic E-state index is 1.03. The highest BCUT2D eigenvalue weighted by molar-refractivity contribution is 7.21. The molecule has 7 aromatic carbocycles. The van der Waals surface area contributed by atoms with Gasteiger partial charge in [-0.3, -0.25) is 0 Å². The largest absolute Gasteiger partial charge is 0.309 e. The highest BCUT2D eigenvalue weighted by Gasteiger charge is 2.18. The van der Waals surface area contributed by atoms with Gasteiger partial charge in [-0.05, 0) is 83.9 Å². The van der Waals surface area contributed by atoms with Gasteiger partial charge in [0.2, 0.25) is 0 Å². The quantitative estimate of drug-likeness (QED) is 0.193. The van der Waals surface area contributed by atoms with Gasteiger partial charge in [0.25, 0.3) is 0 Å². The molecule has 0 fully saturated rings. The average Bonchev–Trinajstić information content (AvgIpc) is 3.82. The molecule has 220 valence electrons. The van der Waals surface area contributed by atoms with Gasteiger partial charge in [-0.25, -0.2) is 4.98 Å². The molecule has 0 amide bonds. The van der Waals surface area contributed by atoms with E-state index >= 15 is 0 Å². The second-order valence-corrected chi connectivity index (χ2v) is 13.0. The van der Waals surface area contributed by atoms with Crippen molar-refractivity contribution < 1.29 is 0 Å². The maximum absolute atomic E-state index is 5.04. The maximum atomic E-state index is 5.04. The van der Waals surface area contributed by atoms with Crippen molar-refractivity contribution in [1.82, 2.24) is 14.1 Å². The topological polar surface area (TPSA) is 22.8 Å². The van der Waals surface area contributed by atoms with Crippen LogP contribution in [0.3, 0.4) is 0 Å². The van der Waals surface area contributed by atoms with E-state index in [-0.39, 0.29) is 0 Å². The van der Waals surface area contributed by atoms with Crippen LogP contribution in [-0.2, 0) is 0 Å². The van der Waals surface area contributed by atoms with Crippen molar-refractivity contribution in [3.8, 4) is 33.1 Å². The predicted octanol–water partition coefficient (Wildman–Crippen LogP) is 11.8. The lowest BCUT2D eigenvalue weighted by Crippen LogP contribution is -1.96. The summed E-state index contributed by atoms with van der Waals surface area (Å²) in [5.41, 5.74) is 11.7. The Morgan fingerprint density at radius 1 is 0.426 bits per heavy atom. The average molecular weight is 618 g/mol. The summed E-state index contributed by atoms with van der Waals surface area (Å²) in [6.07, 6.45) is 0. The number of hydrogen-bond donors (Lipinski definition) is 0. The highest BCUT2D eigenvalue weighted by Crippen LogP contribution is 2.41. The van der Waals surface area contributed by atoms with Crippen LogP contribution >= 0.6 is 11.3 Å². The zero-order valence-corrected chi connectivity index (χ0v) is 26.2. The van der Waals surface area contributed by atoms with Crippen LogP contribution in [0.4, 0.5) is 0 Å². The maximum Gasteiger partial charge on any atom is 0.126 e. The number of para-hydroxylation sites is 5. The first kappa shape index (κ1) is 26.3. The van der Waals surface area contributed by atoms with Gasteiger partial charge in [-0.15, -0.1) is 11.3 Å². The normalized spacial score (nSPS) is 11.8. The van der Waals surface area contributed by atoms with E-state index in [1.807, 2.05) is 0 Å². The Balaban J connectivity index is 1.17. The lowest BCUT2D eigenvalue weighted by atomic mass is 10.0. The summed E-state index contributed by atoms with van der Waals surface area (Å²) in [7, 11) is 0. The summed E-state index contributed by atoms with van der Waals surface area (Å²) < 4.78 is 5.98. The van der Waals surface area contributed by atoms with E-state index in [9.17, 15) is 0 Å². The molecule has 10 rings (SSSR count). The Morgan fingerprint density at radius 2 is 0.979 bits per heavy atom. The number of thiazole rings is 1. The first-order chi connectivity index (χ1) is 23.3. The van der Waals surface area contributed by atoms with Crippen LogP contribution in [0.2, 0.25) is 0 Å². The zero-order valence-electron chi connectivity index (χ0n) is 25.3. The third-order valence-electron chi connectivity index (χ3n) is 9.36. The molecule has 0 aliphatic heterocycles. The molecule has 0 unspecified atom stereocenters. The van der Waals surface area contributed by atoms with Gasteiger partial charge in [-0.2, -0.15) is 0 Å². The molecule has 4 heteroatoms. The van der Waals surface area contributed by atoms with Gasteiger partial charge in [0.15, 0.2) is 0 Å². The van der Waals surface area contributed by atoms with E-state index in [1.54, 1.807) is 11.3 Å². The smallest absolute Gasteiger partial charge is 0.126 e. The molecule has 3 nitrogen and oxygen atoms in total. The van der Waals surface area contributed by atoms with Gasteiger partial charge in [0, 0.05) is 32.8 Å². The molecule has 0 N–H and O–H groups in total. The van der Waals surface area contributed by atoms with Crippen LogP contribution in [0.5, 0.6) is 0 Å². The van der Waals surface area contributed by atoms with E-state index in [0.717, 1.165) is 21.8 Å². The fraction of sp³-hybridized carbons (Fsp3) is 0. The van der Waals surface area contributed by atoms with Crippen LogP contribution in [0, 0.1) is 0 Å². The lowest BCUT2D eigenvalue weighted by Gasteiger charge is -2.12. The third-order valence-corrected chi connectivity index (χ3v) is 10.4. The molecule has 10 aromatic rings. The second-order valence-electron chi connectivity index (χ2n) is 12.0. The molecule has 0 saturated heterocycles. The van der Waals surface area contributed by atoms with Gasteiger partial charge in [0.05, 0.1) is 38.0 Å². The molecule has 3 heterocycles. The van der Waals surface area contributed by atoms with E-state index in [4.69, 9.17) is 4.98 Å². The first-order valence-corrected chi connectivity index (χ1v) is 16.7. The predicted molar refractivity (Wildman–Crippen MR) is 199 cm³/mol. The van der Waals surface area contributed by atoms with Crippen LogP contribution < -0.4 is 0 Å². The van der Waals surface area contributed by atoms with Crippen molar-refractivity contribution in [2.75, 3.05) is 0 Å². The Kier molecular flexibility index (Phi) is 5.74. The summed E-state index contributed by atoms with van der Waals surface area (Å²) in [6, 6.07) is 59.0. The molecule has 0 radical (unpaired) electrons. The van der Waals surface area contributed by atoms with E-state index in [0.29, 0.717) is 0 Å². The Labute approximate surface area is 275 Å². The summed E-state index contributed by atoms with van der Waals surface area (Å²) >= 11 is 1.75. The molecule has 0 aliphatic rings. The molecule has 0 aliphatic carbocycles. The zero-order chi connectivity index (χ0) is 30.9. The van der Waals surface area contributed by atoms with Crippen LogP contribution in [0.15, 0.2) is 164 Å². The number of fused-ring (bicyclic) bond motifs is 7. The molecule has 0 atom stereocenters. The summed E-state index contributed by atoms with van der Waals surface area (Å²) in [5, 5.41) is 6.04. The number of nitrogens with zero attached hydrogens (tertiary/aromatic N) is 3. The van der Waals surface area contributed by atoms with Gasteiger partial charge < -0.3 is 9.13 Å². The van der Waals surface area contributed by atoms with Crippen molar-refractivity contribution in [3.05, 3.63) is 164 Å². The number of rotatable bonds is 4. The first-order valence-electron chi connectivity index (χ1n) is 15.9. The minimum Gasteiger partial charge on any atom is -0.309 e. The highest BCUT2D eigenvalue weighted by atomic mass is 32.1. The minimum absolute atomic E-state index is 1.03. The molecule has 0 spiro atoms. The Morgan fingerprint density at radius 3 is 1.70 bits per heavy atom. The van der Waals surface area contributed by atoms with Crippen LogP contribution in [0.1, 0.15) is 0 Å². The SMILES string of the molecule is c1ccc(-n2c3ccccc3c3cc(-c4ccc5c(c4)c4ccccc4n5-c4ccccc4-c4nc5ccccc5s4)ccc32)cc1. The third kappa shape index (κ3) is 4.02. The van der Waals surface area contributed by atoms with Crippen LogP contribution in [0.25, 0.3) is 86.9 Å². The van der Waals surface area contributed by atoms with E-state index in [1.165, 1.54) is 65.1 Å². The fourth-order valence-corrected chi connectivity index (χ4v) is 8.26. The van der Waals surface area contributed by atoms with Crippen molar-refractivity contribution in [1.29, 1.82) is 0 Å². The molecule has 47 heavy (non-hydrogen) atoms. The Hall–Kier alpha value is -5.97. The van der Waals surface area contributed by atoms with Crippen molar-refractivity contribution in [2.45, 2.75) is 0 Å². The van der Waals surface area contributed by atoms with E-state index in [2.05, 4.69) is 173 Å². The van der Waals surface area contributed by atoms with Crippen molar-refractivity contribution in [3.63, 3.8) is 0 Å². The molecular formula is C43H27N3S. The van der Waals surface area contributed by atoms with Gasteiger partial charge in [-0.1, -0.05) is 91.0 Å². The van der Waals surface area contributed by atoms with Crippen molar-refractivity contribution >= 4 is 65.2 Å². The fourth-order valence-electron chi connectivity index (χ4n) is 7.26. The van der Waals surface area contributed by atoms with E-state index < -0.39 is 0 Å². The summed E-state index contributed by atoms with van der Waals surface area (Å²) in [5.74, 6) is 0. The Bertz CT molecular complexity index is 2770. The summed E-state index contributed by atoms with van der Waals surface area (Å²) in [6.45, 7) is 0. The van der Waals surface area contributed by atoms with Crippen molar-refractivity contribution in [2.24, 2.45) is 0 Å². The lowest BCUT2D eigenvalue weighted by molar-refractivity contribution is 1.18. The molecule has 3 aromatic heterocycles. The standard InChI is InChI=1S/C43H27N3S/c1-2-12-30(13-3-1)45-37-18-8-4-14-31(37)34-26-28(22-24-40(34)45)29-23-25-41-35(27-29)32-15-5-9-19-38(32)46(41)39-20-10-6-16-33(39)43-44-36-17-7-11-21-42(36)47-43/h1-27H. The number of aromatic nitrogens is 3. The molecule has 0 bridgehead atoms. The van der Waals surface area contributed by atoms with Gasteiger partial charge >= 0.3 is 0 Å². The monoisotopic (exact) mass is 617 g/mol. The van der Waals surface area contributed by atoms with Crippen LogP contribution in [-0.4, -0.2) is 14.1 Å². The second kappa shape index (κ2) is 10.3. The number of benzene rings is 7.